The van der Waals surface area contributed by atoms with Gasteiger partial charge in [-0.25, -0.2) is 0 Å². The maximum atomic E-state index is 13.1. The number of hydrogen-bond donors (Lipinski definition) is 2. The van der Waals surface area contributed by atoms with Gasteiger partial charge in [0.15, 0.2) is 5.69 Å². The molecule has 36 heavy (non-hydrogen) atoms. The zero-order valence-corrected chi connectivity index (χ0v) is 20.7. The Morgan fingerprint density at radius 3 is 1.97 bits per heavy atom. The summed E-state index contributed by atoms with van der Waals surface area (Å²) in [6, 6.07) is 17.9. The van der Waals surface area contributed by atoms with Gasteiger partial charge in [0.25, 0.3) is 11.8 Å². The number of anilines is 2. The quantitative estimate of drug-likeness (QED) is 0.392. The number of amides is 2. The van der Waals surface area contributed by atoms with Crippen LogP contribution in [0, 0.1) is 20.8 Å². The van der Waals surface area contributed by atoms with Crippen LogP contribution in [0.5, 0.6) is 11.5 Å². The molecule has 1 aromatic heterocycles. The molecule has 0 radical (unpaired) electrons. The molecule has 0 fully saturated rings. The van der Waals surface area contributed by atoms with Crippen LogP contribution in [0.15, 0.2) is 60.7 Å². The second-order valence-electron chi connectivity index (χ2n) is 8.24. The van der Waals surface area contributed by atoms with Crippen LogP contribution < -0.4 is 20.1 Å². The van der Waals surface area contributed by atoms with Gasteiger partial charge in [0, 0.05) is 17.7 Å². The average molecular weight is 486 g/mol. The van der Waals surface area contributed by atoms with Gasteiger partial charge in [0.05, 0.1) is 37.0 Å². The second-order valence-corrected chi connectivity index (χ2v) is 8.24. The molecule has 4 aromatic rings. The molecule has 2 amide bonds. The number of aryl methyl sites for hydroxylation is 3. The number of hydrogen-bond acceptors (Lipinski definition) is 6. The molecule has 0 aliphatic carbocycles. The zero-order chi connectivity index (χ0) is 25.8. The molecule has 0 spiro atoms. The van der Waals surface area contributed by atoms with Gasteiger partial charge < -0.3 is 20.1 Å². The predicted octanol–water partition coefficient (Wildman–Crippen LogP) is 4.71. The van der Waals surface area contributed by atoms with E-state index >= 15 is 0 Å². The minimum absolute atomic E-state index is 0.178. The topological polar surface area (TPSA) is 107 Å². The SMILES string of the molecule is COc1cc(NC(=O)c2nn(-c3ccc(C)cc3C)nc2C)c(OC)cc1NC(=O)c1ccccc1. The maximum absolute atomic E-state index is 13.1. The summed E-state index contributed by atoms with van der Waals surface area (Å²) in [4.78, 5) is 27.2. The van der Waals surface area contributed by atoms with Gasteiger partial charge in [-0.15, -0.1) is 5.10 Å². The highest BCUT2D eigenvalue weighted by molar-refractivity contribution is 6.07. The number of ether oxygens (including phenoxy) is 2. The standard InChI is InChI=1S/C27H27N5O4/c1-16-11-12-22(17(2)13-16)32-30-18(3)25(31-32)27(34)29-21-15-23(35-4)20(14-24(21)36-5)28-26(33)19-9-7-6-8-10-19/h6-15H,1-5H3,(H,28,33)(H,29,34). The molecule has 9 heteroatoms. The Balaban J connectivity index is 1.60. The number of nitrogens with zero attached hydrogens (tertiary/aromatic N) is 3. The first-order chi connectivity index (χ1) is 17.3. The lowest BCUT2D eigenvalue weighted by Gasteiger charge is -2.16. The normalized spacial score (nSPS) is 10.6. The molecule has 0 aliphatic rings. The maximum Gasteiger partial charge on any atom is 0.278 e. The average Bonchev–Trinajstić information content (AvgIpc) is 3.26. The summed E-state index contributed by atoms with van der Waals surface area (Å²) in [7, 11) is 2.95. The zero-order valence-electron chi connectivity index (χ0n) is 20.7. The van der Waals surface area contributed by atoms with Crippen LogP contribution in [0.2, 0.25) is 0 Å². The van der Waals surface area contributed by atoms with Crippen molar-refractivity contribution < 1.29 is 19.1 Å². The number of aromatic nitrogens is 3. The van der Waals surface area contributed by atoms with E-state index in [0.717, 1.165) is 16.8 Å². The Labute approximate surface area is 209 Å². The number of carbonyl (C=O) groups excluding carboxylic acids is 2. The minimum atomic E-state index is -0.454. The molecule has 184 valence electrons. The first-order valence-corrected chi connectivity index (χ1v) is 11.3. The third-order valence-electron chi connectivity index (χ3n) is 5.62. The van der Waals surface area contributed by atoms with Crippen molar-refractivity contribution in [2.45, 2.75) is 20.8 Å². The summed E-state index contributed by atoms with van der Waals surface area (Å²) in [5.41, 5.74) is 4.83. The smallest absolute Gasteiger partial charge is 0.278 e. The van der Waals surface area contributed by atoms with E-state index in [-0.39, 0.29) is 11.6 Å². The Bertz CT molecular complexity index is 1430. The fourth-order valence-electron chi connectivity index (χ4n) is 3.78. The molecule has 0 unspecified atom stereocenters. The highest BCUT2D eigenvalue weighted by Gasteiger charge is 2.21. The van der Waals surface area contributed by atoms with Crippen molar-refractivity contribution >= 4 is 23.2 Å². The summed E-state index contributed by atoms with van der Waals surface area (Å²) in [6.07, 6.45) is 0. The summed E-state index contributed by atoms with van der Waals surface area (Å²) >= 11 is 0. The van der Waals surface area contributed by atoms with Crippen LogP contribution in [-0.4, -0.2) is 41.0 Å². The van der Waals surface area contributed by atoms with Gasteiger partial charge in [-0.1, -0.05) is 35.9 Å². The van der Waals surface area contributed by atoms with E-state index in [1.165, 1.54) is 19.0 Å². The summed E-state index contributed by atoms with van der Waals surface area (Å²) in [5, 5.41) is 14.5. The highest BCUT2D eigenvalue weighted by Crippen LogP contribution is 2.37. The second kappa shape index (κ2) is 10.3. The molecule has 0 saturated heterocycles. The van der Waals surface area contributed by atoms with E-state index in [4.69, 9.17) is 9.47 Å². The van der Waals surface area contributed by atoms with E-state index in [0.29, 0.717) is 34.1 Å². The van der Waals surface area contributed by atoms with Crippen molar-refractivity contribution in [1.82, 2.24) is 15.0 Å². The lowest BCUT2D eigenvalue weighted by Crippen LogP contribution is -2.16. The molecular formula is C27H27N5O4. The van der Waals surface area contributed by atoms with Crippen molar-refractivity contribution in [3.05, 3.63) is 88.7 Å². The predicted molar refractivity (Wildman–Crippen MR) is 137 cm³/mol. The minimum Gasteiger partial charge on any atom is -0.494 e. The van der Waals surface area contributed by atoms with Gasteiger partial charge in [-0.05, 0) is 44.5 Å². The molecule has 2 N–H and O–H groups in total. The molecule has 0 saturated carbocycles. The monoisotopic (exact) mass is 485 g/mol. The third kappa shape index (κ3) is 5.05. The van der Waals surface area contributed by atoms with Crippen molar-refractivity contribution in [2.75, 3.05) is 24.9 Å². The van der Waals surface area contributed by atoms with E-state index in [2.05, 4.69) is 20.8 Å². The molecule has 1 heterocycles. The molecule has 4 rings (SSSR count). The summed E-state index contributed by atoms with van der Waals surface area (Å²) in [5.74, 6) is -0.0608. The van der Waals surface area contributed by atoms with E-state index in [1.54, 1.807) is 43.3 Å². The van der Waals surface area contributed by atoms with E-state index in [9.17, 15) is 9.59 Å². The molecule has 9 nitrogen and oxygen atoms in total. The van der Waals surface area contributed by atoms with Crippen LogP contribution in [0.3, 0.4) is 0 Å². The number of rotatable bonds is 7. The van der Waals surface area contributed by atoms with Crippen LogP contribution in [0.25, 0.3) is 5.69 Å². The molecule has 3 aromatic carbocycles. The van der Waals surface area contributed by atoms with Crippen molar-refractivity contribution in [1.29, 1.82) is 0 Å². The largest absolute Gasteiger partial charge is 0.494 e. The van der Waals surface area contributed by atoms with Crippen LogP contribution in [-0.2, 0) is 0 Å². The van der Waals surface area contributed by atoms with E-state index < -0.39 is 5.91 Å². The van der Waals surface area contributed by atoms with E-state index in [1.807, 2.05) is 38.1 Å². The fraction of sp³-hybridized carbons (Fsp3) is 0.185. The number of nitrogens with one attached hydrogen (secondary N) is 2. The van der Waals surface area contributed by atoms with Gasteiger partial charge in [0.2, 0.25) is 0 Å². The molecule has 0 aliphatic heterocycles. The number of benzene rings is 3. The Morgan fingerprint density at radius 1 is 0.778 bits per heavy atom. The fourth-order valence-corrected chi connectivity index (χ4v) is 3.78. The first-order valence-electron chi connectivity index (χ1n) is 11.3. The van der Waals surface area contributed by atoms with Gasteiger partial charge in [-0.2, -0.15) is 9.90 Å². The Hall–Kier alpha value is -4.66. The summed E-state index contributed by atoms with van der Waals surface area (Å²) in [6.45, 7) is 5.70. The molecular weight excluding hydrogens is 458 g/mol. The van der Waals surface area contributed by atoms with Crippen molar-refractivity contribution in [3.63, 3.8) is 0 Å². The molecule has 0 atom stereocenters. The molecule has 0 bridgehead atoms. The number of carbonyl (C=O) groups is 2. The number of methoxy groups -OCH3 is 2. The highest BCUT2D eigenvalue weighted by atomic mass is 16.5. The van der Waals surface area contributed by atoms with Crippen LogP contribution >= 0.6 is 0 Å². The summed E-state index contributed by atoms with van der Waals surface area (Å²) < 4.78 is 10.9. The van der Waals surface area contributed by atoms with Gasteiger partial charge in [0.1, 0.15) is 11.5 Å². The lowest BCUT2D eigenvalue weighted by atomic mass is 10.1. The Morgan fingerprint density at radius 2 is 1.39 bits per heavy atom. The van der Waals surface area contributed by atoms with Gasteiger partial charge >= 0.3 is 0 Å². The Kier molecular flexibility index (Phi) is 7.00. The third-order valence-corrected chi connectivity index (χ3v) is 5.62. The first kappa shape index (κ1) is 24.5. The van der Waals surface area contributed by atoms with Crippen molar-refractivity contribution in [3.8, 4) is 17.2 Å². The van der Waals surface area contributed by atoms with Crippen LogP contribution in [0.4, 0.5) is 11.4 Å². The van der Waals surface area contributed by atoms with Crippen LogP contribution in [0.1, 0.15) is 37.7 Å². The lowest BCUT2D eigenvalue weighted by molar-refractivity contribution is 0.101. The van der Waals surface area contributed by atoms with Crippen molar-refractivity contribution in [2.24, 2.45) is 0 Å². The van der Waals surface area contributed by atoms with Gasteiger partial charge in [-0.3, -0.25) is 9.59 Å².